The number of hydrogen-bond donors (Lipinski definition) is 1. The Hall–Kier alpha value is -2.77. The molecule has 0 bridgehead atoms. The third-order valence-electron chi connectivity index (χ3n) is 5.26. The Balaban J connectivity index is 1.39. The summed E-state index contributed by atoms with van der Waals surface area (Å²) in [6.07, 6.45) is 3.47. The maximum Gasteiger partial charge on any atom is 0.326 e. The van der Waals surface area contributed by atoms with E-state index >= 15 is 0 Å². The molecule has 1 saturated heterocycles. The van der Waals surface area contributed by atoms with Crippen LogP contribution in [0.1, 0.15) is 31.2 Å². The molecular formula is C20H23FN2O5. The summed E-state index contributed by atoms with van der Waals surface area (Å²) >= 11 is 0. The maximum atomic E-state index is 13.5. The highest BCUT2D eigenvalue weighted by atomic mass is 19.1. The molecule has 1 N–H and O–H groups in total. The topological polar surface area (TPSA) is 92.8 Å². The molecule has 28 heavy (non-hydrogen) atoms. The van der Waals surface area contributed by atoms with Gasteiger partial charge in [0, 0.05) is 6.54 Å². The van der Waals surface area contributed by atoms with Gasteiger partial charge >= 0.3 is 5.97 Å². The number of carbonyl (C=O) groups is 4. The molecule has 0 spiro atoms. The molecule has 0 radical (unpaired) electrons. The summed E-state index contributed by atoms with van der Waals surface area (Å²) in [4.78, 5) is 49.3. The van der Waals surface area contributed by atoms with Crippen LogP contribution in [0.4, 0.5) is 4.39 Å². The van der Waals surface area contributed by atoms with Gasteiger partial charge in [0.1, 0.15) is 12.4 Å². The predicted molar refractivity (Wildman–Crippen MR) is 96.2 cm³/mol. The second-order valence-corrected chi connectivity index (χ2v) is 7.11. The fourth-order valence-electron chi connectivity index (χ4n) is 3.80. The van der Waals surface area contributed by atoms with Crippen LogP contribution in [0.3, 0.4) is 0 Å². The Morgan fingerprint density at radius 2 is 1.75 bits per heavy atom. The predicted octanol–water partition coefficient (Wildman–Crippen LogP) is 1.20. The molecule has 2 fully saturated rings. The van der Waals surface area contributed by atoms with E-state index in [2.05, 4.69) is 5.32 Å². The van der Waals surface area contributed by atoms with Crippen molar-refractivity contribution >= 4 is 23.7 Å². The minimum Gasteiger partial charge on any atom is -0.454 e. The van der Waals surface area contributed by atoms with E-state index in [-0.39, 0.29) is 36.0 Å². The summed E-state index contributed by atoms with van der Waals surface area (Å²) in [7, 11) is 0. The van der Waals surface area contributed by atoms with Gasteiger partial charge in [0.05, 0.1) is 11.8 Å². The van der Waals surface area contributed by atoms with Gasteiger partial charge in [-0.25, -0.2) is 4.39 Å². The van der Waals surface area contributed by atoms with Crippen LogP contribution in [0.5, 0.6) is 0 Å². The number of likely N-dealkylation sites (tertiary alicyclic amines) is 1. The monoisotopic (exact) mass is 390 g/mol. The largest absolute Gasteiger partial charge is 0.454 e. The van der Waals surface area contributed by atoms with Crippen LogP contribution < -0.4 is 5.32 Å². The lowest BCUT2D eigenvalue weighted by Crippen LogP contribution is -2.38. The molecule has 1 aliphatic heterocycles. The van der Waals surface area contributed by atoms with Crippen molar-refractivity contribution in [2.45, 2.75) is 32.1 Å². The third-order valence-corrected chi connectivity index (χ3v) is 5.26. The van der Waals surface area contributed by atoms with Crippen LogP contribution in [0.2, 0.25) is 0 Å². The molecule has 2 atom stereocenters. The van der Waals surface area contributed by atoms with Crippen LogP contribution in [-0.4, -0.2) is 48.3 Å². The number of imide groups is 1. The molecule has 3 rings (SSSR count). The van der Waals surface area contributed by atoms with Gasteiger partial charge in [-0.1, -0.05) is 31.0 Å². The number of nitrogens with zero attached hydrogens (tertiary/aromatic N) is 1. The van der Waals surface area contributed by atoms with Gasteiger partial charge in [-0.15, -0.1) is 0 Å². The van der Waals surface area contributed by atoms with Gasteiger partial charge in [-0.2, -0.15) is 0 Å². The van der Waals surface area contributed by atoms with Crippen molar-refractivity contribution in [3.63, 3.8) is 0 Å². The Bertz CT molecular complexity index is 758. The van der Waals surface area contributed by atoms with Crippen LogP contribution in [-0.2, 0) is 30.3 Å². The molecule has 150 valence electrons. The molecule has 0 aromatic heterocycles. The van der Waals surface area contributed by atoms with Crippen molar-refractivity contribution in [1.29, 1.82) is 0 Å². The first kappa shape index (κ1) is 20.0. The molecule has 7 nitrogen and oxygen atoms in total. The number of benzene rings is 1. The highest BCUT2D eigenvalue weighted by Gasteiger charge is 2.48. The standard InChI is InChI=1S/C20H23FN2O5/c21-16-8-4-1-5-13(16)9-10-22-17(24)12-28-18(25)11-23-19(26)14-6-2-3-7-15(14)20(23)27/h1,4-5,8,14-15H,2-3,6-7,9-12H2,(H,22,24)/t14-,15-/m1/s1. The van der Waals surface area contributed by atoms with E-state index < -0.39 is 25.0 Å². The summed E-state index contributed by atoms with van der Waals surface area (Å²) in [5.74, 6) is -2.96. The Kier molecular flexibility index (Phi) is 6.38. The van der Waals surface area contributed by atoms with E-state index in [4.69, 9.17) is 4.74 Å². The number of halogens is 1. The zero-order chi connectivity index (χ0) is 20.1. The van der Waals surface area contributed by atoms with E-state index in [1.165, 1.54) is 6.07 Å². The van der Waals surface area contributed by atoms with Gasteiger partial charge in [0.15, 0.2) is 6.61 Å². The summed E-state index contributed by atoms with van der Waals surface area (Å²) in [5.41, 5.74) is 0.479. The number of carbonyl (C=O) groups excluding carboxylic acids is 4. The van der Waals surface area contributed by atoms with E-state index in [1.54, 1.807) is 18.2 Å². The lowest BCUT2D eigenvalue weighted by atomic mass is 9.81. The molecule has 1 aromatic carbocycles. The van der Waals surface area contributed by atoms with E-state index in [9.17, 15) is 23.6 Å². The molecule has 0 unspecified atom stereocenters. The molecule has 3 amide bonds. The van der Waals surface area contributed by atoms with Crippen LogP contribution in [0, 0.1) is 17.7 Å². The van der Waals surface area contributed by atoms with Crippen LogP contribution >= 0.6 is 0 Å². The van der Waals surface area contributed by atoms with Gasteiger partial charge in [-0.05, 0) is 30.9 Å². The van der Waals surface area contributed by atoms with Crippen LogP contribution in [0.15, 0.2) is 24.3 Å². The normalized spacial score (nSPS) is 21.4. The zero-order valence-electron chi connectivity index (χ0n) is 15.5. The number of fused-ring (bicyclic) bond motifs is 1. The van der Waals surface area contributed by atoms with Crippen LogP contribution in [0.25, 0.3) is 0 Å². The number of nitrogens with one attached hydrogen (secondary N) is 1. The lowest BCUT2D eigenvalue weighted by molar-refractivity contribution is -0.154. The van der Waals surface area contributed by atoms with Crippen molar-refractivity contribution in [2.75, 3.05) is 19.7 Å². The number of esters is 1. The van der Waals surface area contributed by atoms with E-state index in [0.29, 0.717) is 24.8 Å². The molecule has 8 heteroatoms. The molecule has 2 aliphatic rings. The van der Waals surface area contributed by atoms with E-state index in [1.807, 2.05) is 0 Å². The zero-order valence-corrected chi connectivity index (χ0v) is 15.5. The first-order valence-electron chi connectivity index (χ1n) is 9.48. The first-order valence-corrected chi connectivity index (χ1v) is 9.48. The number of ether oxygens (including phenoxy) is 1. The summed E-state index contributed by atoms with van der Waals surface area (Å²) in [6.45, 7) is -0.782. The fourth-order valence-corrected chi connectivity index (χ4v) is 3.80. The van der Waals surface area contributed by atoms with Gasteiger partial charge in [0.2, 0.25) is 11.8 Å². The summed E-state index contributed by atoms with van der Waals surface area (Å²) in [6, 6.07) is 6.26. The molecule has 1 saturated carbocycles. The first-order chi connectivity index (χ1) is 13.5. The number of amides is 3. The number of hydrogen-bond acceptors (Lipinski definition) is 5. The Morgan fingerprint density at radius 1 is 1.11 bits per heavy atom. The maximum absolute atomic E-state index is 13.5. The molecule has 1 aliphatic carbocycles. The third kappa shape index (κ3) is 4.55. The van der Waals surface area contributed by atoms with Crippen molar-refractivity contribution in [1.82, 2.24) is 10.2 Å². The molecule has 1 aromatic rings. The van der Waals surface area contributed by atoms with E-state index in [0.717, 1.165) is 17.7 Å². The smallest absolute Gasteiger partial charge is 0.326 e. The lowest BCUT2D eigenvalue weighted by Gasteiger charge is -2.19. The van der Waals surface area contributed by atoms with Crippen molar-refractivity contribution in [2.24, 2.45) is 11.8 Å². The molecule has 1 heterocycles. The average Bonchev–Trinajstić information content (AvgIpc) is 2.93. The van der Waals surface area contributed by atoms with Gasteiger partial charge < -0.3 is 10.1 Å². The second-order valence-electron chi connectivity index (χ2n) is 7.11. The minimum atomic E-state index is -0.801. The second kappa shape index (κ2) is 8.95. The summed E-state index contributed by atoms with van der Waals surface area (Å²) < 4.78 is 18.4. The average molecular weight is 390 g/mol. The number of rotatable bonds is 7. The minimum absolute atomic E-state index is 0.198. The SMILES string of the molecule is O=C(COC(=O)CN1C(=O)[C@@H]2CCCC[C@H]2C1=O)NCCc1ccccc1F. The van der Waals surface area contributed by atoms with Crippen molar-refractivity contribution in [3.8, 4) is 0 Å². The van der Waals surface area contributed by atoms with Crippen molar-refractivity contribution in [3.05, 3.63) is 35.6 Å². The summed E-state index contributed by atoms with van der Waals surface area (Å²) in [5, 5.41) is 2.54. The van der Waals surface area contributed by atoms with Crippen molar-refractivity contribution < 1.29 is 28.3 Å². The fraction of sp³-hybridized carbons (Fsp3) is 0.500. The Morgan fingerprint density at radius 3 is 2.39 bits per heavy atom. The highest BCUT2D eigenvalue weighted by molar-refractivity contribution is 6.07. The van der Waals surface area contributed by atoms with Gasteiger partial charge in [0.25, 0.3) is 5.91 Å². The highest BCUT2D eigenvalue weighted by Crippen LogP contribution is 2.37. The Labute approximate surface area is 162 Å². The van der Waals surface area contributed by atoms with Gasteiger partial charge in [-0.3, -0.25) is 24.1 Å². The molecular weight excluding hydrogens is 367 g/mol. The quantitative estimate of drug-likeness (QED) is 0.558.